The molecule has 0 unspecified atom stereocenters. The molecule has 0 saturated heterocycles. The van der Waals surface area contributed by atoms with Gasteiger partial charge in [-0.25, -0.2) is 4.98 Å². The van der Waals surface area contributed by atoms with E-state index < -0.39 is 0 Å². The van der Waals surface area contributed by atoms with Gasteiger partial charge in [-0.1, -0.05) is 6.92 Å². The fraction of sp³-hybridized carbons (Fsp3) is 0.667. The number of rotatable bonds is 6. The van der Waals surface area contributed by atoms with Crippen LogP contribution in [-0.2, 0) is 0 Å². The van der Waals surface area contributed by atoms with Crippen LogP contribution in [0.1, 0.15) is 19.8 Å². The zero-order valence-corrected chi connectivity index (χ0v) is 8.89. The number of aromatic nitrogens is 1. The van der Waals surface area contributed by atoms with Crippen molar-refractivity contribution in [2.45, 2.75) is 19.8 Å². The molecule has 74 valence electrons. The second-order valence-electron chi connectivity index (χ2n) is 2.94. The average molecular weight is 199 g/mol. The van der Waals surface area contributed by atoms with Gasteiger partial charge in [0, 0.05) is 24.7 Å². The van der Waals surface area contributed by atoms with Crippen LogP contribution in [0.15, 0.2) is 11.6 Å². The van der Waals surface area contributed by atoms with Gasteiger partial charge in [0.05, 0.1) is 0 Å². The monoisotopic (exact) mass is 199 g/mol. The fourth-order valence-electron chi connectivity index (χ4n) is 1.23. The van der Waals surface area contributed by atoms with Crippen LogP contribution in [0.25, 0.3) is 0 Å². The molecule has 1 heterocycles. The standard InChI is InChI=1S/C9H17N3S/c1-2-6-12(7-3-4-10)9-11-5-8-13-9/h5,8H,2-4,6-7,10H2,1H3. The van der Waals surface area contributed by atoms with Gasteiger partial charge in [-0.05, 0) is 19.4 Å². The van der Waals surface area contributed by atoms with Crippen molar-refractivity contribution >= 4 is 16.5 Å². The maximum absolute atomic E-state index is 5.48. The van der Waals surface area contributed by atoms with Crippen molar-refractivity contribution in [1.29, 1.82) is 0 Å². The highest BCUT2D eigenvalue weighted by Crippen LogP contribution is 2.17. The summed E-state index contributed by atoms with van der Waals surface area (Å²) in [6.45, 7) is 5.04. The van der Waals surface area contributed by atoms with Gasteiger partial charge in [-0.3, -0.25) is 0 Å². The lowest BCUT2D eigenvalue weighted by Gasteiger charge is -2.20. The van der Waals surface area contributed by atoms with E-state index >= 15 is 0 Å². The Morgan fingerprint density at radius 1 is 1.54 bits per heavy atom. The minimum absolute atomic E-state index is 0.756. The van der Waals surface area contributed by atoms with Crippen LogP contribution in [0, 0.1) is 0 Å². The maximum Gasteiger partial charge on any atom is 0.185 e. The molecule has 0 aliphatic carbocycles. The molecule has 1 aromatic heterocycles. The third kappa shape index (κ3) is 3.32. The van der Waals surface area contributed by atoms with E-state index in [1.165, 1.54) is 0 Å². The first-order valence-electron chi connectivity index (χ1n) is 4.73. The van der Waals surface area contributed by atoms with Gasteiger partial charge in [0.1, 0.15) is 0 Å². The fourth-order valence-corrected chi connectivity index (χ4v) is 1.92. The molecule has 0 fully saturated rings. The smallest absolute Gasteiger partial charge is 0.185 e. The van der Waals surface area contributed by atoms with Crippen LogP contribution in [0.4, 0.5) is 5.13 Å². The van der Waals surface area contributed by atoms with E-state index in [-0.39, 0.29) is 0 Å². The Bertz CT molecular complexity index is 211. The summed E-state index contributed by atoms with van der Waals surface area (Å²) in [5.74, 6) is 0. The highest BCUT2D eigenvalue weighted by Gasteiger charge is 2.06. The minimum Gasteiger partial charge on any atom is -0.348 e. The summed E-state index contributed by atoms with van der Waals surface area (Å²) in [6.07, 6.45) is 4.05. The Morgan fingerprint density at radius 3 is 2.92 bits per heavy atom. The Balaban J connectivity index is 2.47. The molecular formula is C9H17N3S. The number of nitrogens with two attached hydrogens (primary N) is 1. The van der Waals surface area contributed by atoms with E-state index in [4.69, 9.17) is 5.73 Å². The predicted molar refractivity (Wildman–Crippen MR) is 58.3 cm³/mol. The zero-order chi connectivity index (χ0) is 9.52. The van der Waals surface area contributed by atoms with Crippen LogP contribution in [0.2, 0.25) is 0 Å². The molecule has 3 nitrogen and oxygen atoms in total. The molecule has 1 rings (SSSR count). The molecule has 0 spiro atoms. The first kappa shape index (κ1) is 10.5. The van der Waals surface area contributed by atoms with Gasteiger partial charge in [-0.15, -0.1) is 11.3 Å². The average Bonchev–Trinajstić information content (AvgIpc) is 2.65. The third-order valence-electron chi connectivity index (χ3n) is 1.82. The van der Waals surface area contributed by atoms with Gasteiger partial charge < -0.3 is 10.6 Å². The molecule has 1 aromatic rings. The molecule has 0 atom stereocenters. The number of nitrogens with zero attached hydrogens (tertiary/aromatic N) is 2. The van der Waals surface area contributed by atoms with Crippen LogP contribution in [-0.4, -0.2) is 24.6 Å². The molecule has 0 radical (unpaired) electrons. The number of hydrogen-bond acceptors (Lipinski definition) is 4. The number of thiazole rings is 1. The van der Waals surface area contributed by atoms with Crippen LogP contribution in [0.3, 0.4) is 0 Å². The van der Waals surface area contributed by atoms with Gasteiger partial charge >= 0.3 is 0 Å². The Morgan fingerprint density at radius 2 is 2.38 bits per heavy atom. The van der Waals surface area contributed by atoms with Crippen molar-refractivity contribution in [2.24, 2.45) is 5.73 Å². The molecule has 4 heteroatoms. The van der Waals surface area contributed by atoms with E-state index in [9.17, 15) is 0 Å². The number of hydrogen-bond donors (Lipinski definition) is 1. The van der Waals surface area contributed by atoms with E-state index in [0.29, 0.717) is 0 Å². The molecule has 0 saturated carbocycles. The SMILES string of the molecule is CCCN(CCCN)c1nccs1. The van der Waals surface area contributed by atoms with Crippen molar-refractivity contribution in [3.05, 3.63) is 11.6 Å². The predicted octanol–water partition coefficient (Wildman–Crippen LogP) is 1.71. The van der Waals surface area contributed by atoms with Crippen LogP contribution < -0.4 is 10.6 Å². The summed E-state index contributed by atoms with van der Waals surface area (Å²) in [4.78, 5) is 6.59. The van der Waals surface area contributed by atoms with Gasteiger partial charge in [-0.2, -0.15) is 0 Å². The maximum atomic E-state index is 5.48. The van der Waals surface area contributed by atoms with Crippen molar-refractivity contribution in [1.82, 2.24) is 4.98 Å². The molecular weight excluding hydrogens is 182 g/mol. The van der Waals surface area contributed by atoms with E-state index in [2.05, 4.69) is 16.8 Å². The van der Waals surface area contributed by atoms with E-state index in [1.54, 1.807) is 11.3 Å². The van der Waals surface area contributed by atoms with Gasteiger partial charge in [0.2, 0.25) is 0 Å². The van der Waals surface area contributed by atoms with Gasteiger partial charge in [0.25, 0.3) is 0 Å². The summed E-state index contributed by atoms with van der Waals surface area (Å²) >= 11 is 1.70. The van der Waals surface area contributed by atoms with Crippen molar-refractivity contribution in [2.75, 3.05) is 24.5 Å². The quantitative estimate of drug-likeness (QED) is 0.758. The summed E-state index contributed by atoms with van der Waals surface area (Å²) in [6, 6.07) is 0. The van der Waals surface area contributed by atoms with Crippen molar-refractivity contribution < 1.29 is 0 Å². The lowest BCUT2D eigenvalue weighted by Crippen LogP contribution is -2.26. The van der Waals surface area contributed by atoms with E-state index in [1.807, 2.05) is 11.6 Å². The lowest BCUT2D eigenvalue weighted by atomic mass is 10.3. The summed E-state index contributed by atoms with van der Waals surface area (Å²) in [5, 5.41) is 3.13. The Kier molecular flexibility index (Phi) is 4.78. The highest BCUT2D eigenvalue weighted by atomic mass is 32.1. The normalized spacial score (nSPS) is 10.3. The van der Waals surface area contributed by atoms with Crippen LogP contribution >= 0.6 is 11.3 Å². The van der Waals surface area contributed by atoms with Crippen molar-refractivity contribution in [3.63, 3.8) is 0 Å². The molecule has 0 amide bonds. The lowest BCUT2D eigenvalue weighted by molar-refractivity contribution is 0.718. The second kappa shape index (κ2) is 5.94. The van der Waals surface area contributed by atoms with Gasteiger partial charge in [0.15, 0.2) is 5.13 Å². The molecule has 0 aliphatic rings. The molecule has 0 bridgehead atoms. The number of anilines is 1. The third-order valence-corrected chi connectivity index (χ3v) is 2.65. The molecule has 0 aromatic carbocycles. The first-order chi connectivity index (χ1) is 6.38. The largest absolute Gasteiger partial charge is 0.348 e. The summed E-state index contributed by atoms with van der Waals surface area (Å²) in [7, 11) is 0. The van der Waals surface area contributed by atoms with E-state index in [0.717, 1.165) is 37.6 Å². The Labute approximate surface area is 83.6 Å². The van der Waals surface area contributed by atoms with Crippen LogP contribution in [0.5, 0.6) is 0 Å². The Hall–Kier alpha value is -0.610. The minimum atomic E-state index is 0.756. The molecule has 0 aliphatic heterocycles. The summed E-state index contributed by atoms with van der Waals surface area (Å²) < 4.78 is 0. The zero-order valence-electron chi connectivity index (χ0n) is 8.07. The molecule has 13 heavy (non-hydrogen) atoms. The topological polar surface area (TPSA) is 42.1 Å². The highest BCUT2D eigenvalue weighted by molar-refractivity contribution is 7.13. The molecule has 2 N–H and O–H groups in total. The second-order valence-corrected chi connectivity index (χ2v) is 3.82. The summed E-state index contributed by atoms with van der Waals surface area (Å²) in [5.41, 5.74) is 5.48. The first-order valence-corrected chi connectivity index (χ1v) is 5.61. The van der Waals surface area contributed by atoms with Crippen molar-refractivity contribution in [3.8, 4) is 0 Å².